The molecule has 0 spiro atoms. The topological polar surface area (TPSA) is 55.6 Å². The van der Waals surface area contributed by atoms with Crippen molar-refractivity contribution in [2.75, 3.05) is 11.9 Å². The van der Waals surface area contributed by atoms with Crippen LogP contribution in [0, 0.1) is 0 Å². The minimum absolute atomic E-state index is 0.728. The van der Waals surface area contributed by atoms with Crippen LogP contribution in [0.25, 0.3) is 0 Å². The molecule has 86 valence electrons. The van der Waals surface area contributed by atoms with Crippen LogP contribution in [0.3, 0.4) is 0 Å². The lowest BCUT2D eigenvalue weighted by molar-refractivity contribution is 0.815. The van der Waals surface area contributed by atoms with Gasteiger partial charge in [-0.15, -0.1) is 0 Å². The van der Waals surface area contributed by atoms with Crippen molar-refractivity contribution in [1.82, 2.24) is 18.3 Å². The lowest BCUT2D eigenvalue weighted by Crippen LogP contribution is -2.05. The van der Waals surface area contributed by atoms with Gasteiger partial charge in [0.25, 0.3) is 0 Å². The summed E-state index contributed by atoms with van der Waals surface area (Å²) in [5.41, 5.74) is 0.979. The van der Waals surface area contributed by atoms with E-state index in [9.17, 15) is 0 Å². The second-order valence-corrected chi connectivity index (χ2v) is 4.15. The van der Waals surface area contributed by atoms with E-state index >= 15 is 0 Å². The maximum absolute atomic E-state index is 4.30. The van der Waals surface area contributed by atoms with Gasteiger partial charge in [-0.05, 0) is 6.42 Å². The summed E-state index contributed by atoms with van der Waals surface area (Å²) in [6.07, 6.45) is 5.55. The quantitative estimate of drug-likeness (QED) is 0.859. The fraction of sp³-hybridized carbons (Fsp3) is 0.500. The molecule has 0 aliphatic carbocycles. The predicted octanol–water partition coefficient (Wildman–Crippen LogP) is 1.68. The summed E-state index contributed by atoms with van der Waals surface area (Å²) < 4.78 is 10.5. The van der Waals surface area contributed by atoms with E-state index in [1.54, 1.807) is 6.20 Å². The van der Waals surface area contributed by atoms with Gasteiger partial charge in [0, 0.05) is 26.0 Å². The van der Waals surface area contributed by atoms with Crippen molar-refractivity contribution < 1.29 is 0 Å². The minimum Gasteiger partial charge on any atom is -0.368 e. The molecule has 16 heavy (non-hydrogen) atoms. The molecule has 5 nitrogen and oxygen atoms in total. The normalized spacial score (nSPS) is 10.6. The van der Waals surface area contributed by atoms with Crippen molar-refractivity contribution in [2.45, 2.75) is 19.8 Å². The highest BCUT2D eigenvalue weighted by Crippen LogP contribution is 2.15. The fourth-order valence-electron chi connectivity index (χ4n) is 1.42. The van der Waals surface area contributed by atoms with Gasteiger partial charge in [-0.3, -0.25) is 0 Å². The third kappa shape index (κ3) is 2.38. The number of anilines is 1. The zero-order valence-electron chi connectivity index (χ0n) is 9.47. The van der Waals surface area contributed by atoms with Crippen molar-refractivity contribution in [3.8, 4) is 0 Å². The van der Waals surface area contributed by atoms with Gasteiger partial charge in [0.2, 0.25) is 0 Å². The van der Waals surface area contributed by atoms with Crippen LogP contribution >= 0.6 is 11.7 Å². The standard InChI is InChI=1S/C10H15N5S/c1-3-4-12-10-8(13-16-14-10)7-9-11-5-6-15(9)2/h5-6H,3-4,7H2,1-2H3,(H,12,14). The first-order chi connectivity index (χ1) is 7.81. The molecule has 0 radical (unpaired) electrons. The van der Waals surface area contributed by atoms with Crippen molar-refractivity contribution in [1.29, 1.82) is 0 Å². The Morgan fingerprint density at radius 3 is 3.00 bits per heavy atom. The van der Waals surface area contributed by atoms with E-state index in [0.29, 0.717) is 0 Å². The molecule has 0 aliphatic heterocycles. The highest BCUT2D eigenvalue weighted by Gasteiger charge is 2.10. The second kappa shape index (κ2) is 5.07. The van der Waals surface area contributed by atoms with Crippen LogP contribution in [0.2, 0.25) is 0 Å². The third-order valence-corrected chi connectivity index (χ3v) is 2.91. The molecule has 0 aromatic carbocycles. The zero-order valence-corrected chi connectivity index (χ0v) is 10.3. The van der Waals surface area contributed by atoms with Crippen LogP contribution in [0.1, 0.15) is 24.9 Å². The fourth-order valence-corrected chi connectivity index (χ4v) is 1.96. The van der Waals surface area contributed by atoms with Crippen molar-refractivity contribution >= 4 is 17.5 Å². The molecule has 0 atom stereocenters. The number of aromatic nitrogens is 4. The molecule has 2 aromatic rings. The molecule has 0 fully saturated rings. The smallest absolute Gasteiger partial charge is 0.163 e. The molecule has 0 amide bonds. The first-order valence-corrected chi connectivity index (χ1v) is 6.05. The van der Waals surface area contributed by atoms with Crippen LogP contribution in [0.5, 0.6) is 0 Å². The Hall–Kier alpha value is -1.43. The van der Waals surface area contributed by atoms with Crippen LogP contribution in [0.4, 0.5) is 5.82 Å². The lowest BCUT2D eigenvalue weighted by atomic mass is 10.3. The highest BCUT2D eigenvalue weighted by molar-refractivity contribution is 6.99. The zero-order chi connectivity index (χ0) is 11.4. The van der Waals surface area contributed by atoms with Crippen LogP contribution in [0.15, 0.2) is 12.4 Å². The maximum Gasteiger partial charge on any atom is 0.163 e. The minimum atomic E-state index is 0.728. The molecule has 2 heterocycles. The largest absolute Gasteiger partial charge is 0.368 e. The number of hydrogen-bond donors (Lipinski definition) is 1. The van der Waals surface area contributed by atoms with Crippen molar-refractivity contribution in [3.05, 3.63) is 23.9 Å². The van der Waals surface area contributed by atoms with E-state index in [4.69, 9.17) is 0 Å². The molecule has 0 bridgehead atoms. The van der Waals surface area contributed by atoms with Gasteiger partial charge >= 0.3 is 0 Å². The number of nitrogens with one attached hydrogen (secondary N) is 1. The Bertz CT molecular complexity index is 448. The van der Waals surface area contributed by atoms with E-state index in [-0.39, 0.29) is 0 Å². The summed E-state index contributed by atoms with van der Waals surface area (Å²) in [5, 5.41) is 3.27. The number of rotatable bonds is 5. The average Bonchev–Trinajstić information content (AvgIpc) is 2.87. The maximum atomic E-state index is 4.30. The van der Waals surface area contributed by atoms with E-state index < -0.39 is 0 Å². The van der Waals surface area contributed by atoms with Gasteiger partial charge in [0.05, 0.1) is 18.1 Å². The molecule has 2 rings (SSSR count). The Morgan fingerprint density at radius 1 is 1.44 bits per heavy atom. The Kier molecular flexibility index (Phi) is 3.51. The molecule has 1 N–H and O–H groups in total. The van der Waals surface area contributed by atoms with Crippen LogP contribution in [-0.2, 0) is 13.5 Å². The molecule has 0 saturated heterocycles. The van der Waals surface area contributed by atoms with Gasteiger partial charge < -0.3 is 9.88 Å². The summed E-state index contributed by atoms with van der Waals surface area (Å²) in [6, 6.07) is 0. The SMILES string of the molecule is CCCNc1nsnc1Cc1nccn1C. The molecular formula is C10H15N5S. The Labute approximate surface area is 98.9 Å². The number of nitrogens with zero attached hydrogens (tertiary/aromatic N) is 4. The summed E-state index contributed by atoms with van der Waals surface area (Å²) >= 11 is 1.24. The average molecular weight is 237 g/mol. The van der Waals surface area contributed by atoms with Crippen LogP contribution in [-0.4, -0.2) is 24.8 Å². The third-order valence-electron chi connectivity index (χ3n) is 2.35. The van der Waals surface area contributed by atoms with Gasteiger partial charge in [-0.25, -0.2) is 4.98 Å². The molecule has 0 aliphatic rings. The first kappa shape index (κ1) is 11.1. The molecule has 2 aromatic heterocycles. The number of hydrogen-bond acceptors (Lipinski definition) is 5. The van der Waals surface area contributed by atoms with Gasteiger partial charge in [-0.2, -0.15) is 8.75 Å². The Balaban J connectivity index is 2.09. The first-order valence-electron chi connectivity index (χ1n) is 5.32. The highest BCUT2D eigenvalue weighted by atomic mass is 32.1. The van der Waals surface area contributed by atoms with E-state index in [0.717, 1.165) is 36.7 Å². The molecule has 0 saturated carbocycles. The molecule has 6 heteroatoms. The molecule has 0 unspecified atom stereocenters. The number of aryl methyl sites for hydroxylation is 1. The summed E-state index contributed by atoms with van der Waals surface area (Å²) in [6.45, 7) is 3.06. The van der Waals surface area contributed by atoms with Crippen LogP contribution < -0.4 is 5.32 Å². The lowest BCUT2D eigenvalue weighted by Gasteiger charge is -2.03. The second-order valence-electron chi connectivity index (χ2n) is 3.62. The van der Waals surface area contributed by atoms with E-state index in [2.05, 4.69) is 26.0 Å². The monoisotopic (exact) mass is 237 g/mol. The van der Waals surface area contributed by atoms with Gasteiger partial charge in [-0.1, -0.05) is 6.92 Å². The van der Waals surface area contributed by atoms with Gasteiger partial charge in [0.15, 0.2) is 5.82 Å². The summed E-state index contributed by atoms with van der Waals surface area (Å²) in [5.74, 6) is 1.90. The number of imidazole rings is 1. The summed E-state index contributed by atoms with van der Waals surface area (Å²) in [7, 11) is 1.99. The Morgan fingerprint density at radius 2 is 2.31 bits per heavy atom. The predicted molar refractivity (Wildman–Crippen MR) is 64.7 cm³/mol. The van der Waals surface area contributed by atoms with E-state index in [1.807, 2.05) is 17.8 Å². The summed E-state index contributed by atoms with van der Waals surface area (Å²) in [4.78, 5) is 4.28. The van der Waals surface area contributed by atoms with E-state index in [1.165, 1.54) is 11.7 Å². The molecular weight excluding hydrogens is 222 g/mol. The van der Waals surface area contributed by atoms with Crippen molar-refractivity contribution in [2.24, 2.45) is 7.05 Å². The van der Waals surface area contributed by atoms with Crippen molar-refractivity contribution in [3.63, 3.8) is 0 Å². The van der Waals surface area contributed by atoms with Gasteiger partial charge in [0.1, 0.15) is 11.5 Å².